The average Bonchev–Trinajstić information content (AvgIpc) is 3.20. The highest BCUT2D eigenvalue weighted by Crippen LogP contribution is 2.26. The van der Waals surface area contributed by atoms with Crippen LogP contribution < -0.4 is 5.32 Å². The number of hydrogen-bond donors (Lipinski definition) is 1. The molecule has 23 heavy (non-hydrogen) atoms. The van der Waals surface area contributed by atoms with Crippen LogP contribution in [0.4, 0.5) is 5.13 Å². The zero-order valence-corrected chi connectivity index (χ0v) is 15.1. The van der Waals surface area contributed by atoms with E-state index in [4.69, 9.17) is 0 Å². The van der Waals surface area contributed by atoms with Crippen LogP contribution in [0.15, 0.2) is 12.4 Å². The van der Waals surface area contributed by atoms with Crippen LogP contribution in [-0.4, -0.2) is 26.7 Å². The Morgan fingerprint density at radius 2 is 1.96 bits per heavy atom. The van der Waals surface area contributed by atoms with Crippen molar-refractivity contribution in [2.45, 2.75) is 46.0 Å². The molecule has 0 aliphatic rings. The van der Waals surface area contributed by atoms with Crippen molar-refractivity contribution in [3.63, 3.8) is 0 Å². The maximum absolute atomic E-state index is 4.48. The second-order valence-corrected chi connectivity index (χ2v) is 7.52. The fourth-order valence-corrected chi connectivity index (χ4v) is 4.07. The number of nitrogens with one attached hydrogen (secondary N) is 1. The molecule has 0 saturated heterocycles. The van der Waals surface area contributed by atoms with Crippen molar-refractivity contribution in [3.05, 3.63) is 28.0 Å². The molecule has 7 heteroatoms. The standard InChI is InChI=1S/C16H21N5S2/c1-3-11-9-12-13(18-10-19-15(12)22-11)7-5-6-8-17-16-21-20-14(4-2)23-16/h9-10H,3-8H2,1-2H3,(H,17,21). The summed E-state index contributed by atoms with van der Waals surface area (Å²) in [4.78, 5) is 11.4. The van der Waals surface area contributed by atoms with Crippen molar-refractivity contribution in [2.75, 3.05) is 11.9 Å². The first-order chi connectivity index (χ1) is 11.3. The first-order valence-electron chi connectivity index (χ1n) is 8.08. The van der Waals surface area contributed by atoms with E-state index in [9.17, 15) is 0 Å². The number of thiophene rings is 1. The van der Waals surface area contributed by atoms with Crippen LogP contribution in [0.25, 0.3) is 10.2 Å². The molecule has 0 aliphatic heterocycles. The number of rotatable bonds is 8. The zero-order valence-electron chi connectivity index (χ0n) is 13.5. The van der Waals surface area contributed by atoms with Gasteiger partial charge in [0.15, 0.2) is 0 Å². The SMILES string of the molecule is CCc1cc2c(CCCCNc3nnc(CC)s3)ncnc2s1. The smallest absolute Gasteiger partial charge is 0.205 e. The van der Waals surface area contributed by atoms with Gasteiger partial charge in [-0.05, 0) is 38.2 Å². The van der Waals surface area contributed by atoms with Crippen molar-refractivity contribution >= 4 is 38.0 Å². The Bertz CT molecular complexity index is 765. The molecule has 5 nitrogen and oxygen atoms in total. The van der Waals surface area contributed by atoms with E-state index in [1.165, 1.54) is 16.0 Å². The zero-order chi connectivity index (χ0) is 16.1. The van der Waals surface area contributed by atoms with Gasteiger partial charge >= 0.3 is 0 Å². The van der Waals surface area contributed by atoms with Gasteiger partial charge in [-0.3, -0.25) is 0 Å². The summed E-state index contributed by atoms with van der Waals surface area (Å²) in [6, 6.07) is 2.25. The van der Waals surface area contributed by atoms with Gasteiger partial charge in [0.05, 0.1) is 5.69 Å². The summed E-state index contributed by atoms with van der Waals surface area (Å²) in [5.41, 5.74) is 1.18. The van der Waals surface area contributed by atoms with Crippen LogP contribution >= 0.6 is 22.7 Å². The Labute approximate surface area is 144 Å². The molecule has 1 N–H and O–H groups in total. The number of fused-ring (bicyclic) bond motifs is 1. The Balaban J connectivity index is 1.49. The molecule has 0 radical (unpaired) electrons. The second kappa shape index (κ2) is 7.79. The fourth-order valence-electron chi connectivity index (χ4n) is 2.41. The topological polar surface area (TPSA) is 63.6 Å². The van der Waals surface area contributed by atoms with Gasteiger partial charge in [0.25, 0.3) is 0 Å². The van der Waals surface area contributed by atoms with Gasteiger partial charge in [0.2, 0.25) is 5.13 Å². The fraction of sp³-hybridized carbons (Fsp3) is 0.500. The Hall–Kier alpha value is -1.60. The largest absolute Gasteiger partial charge is 0.360 e. The van der Waals surface area contributed by atoms with E-state index >= 15 is 0 Å². The lowest BCUT2D eigenvalue weighted by Gasteiger charge is -2.03. The molecule has 0 aromatic carbocycles. The maximum Gasteiger partial charge on any atom is 0.205 e. The lowest BCUT2D eigenvalue weighted by molar-refractivity contribution is 0.750. The van der Waals surface area contributed by atoms with Crippen LogP contribution in [0.2, 0.25) is 0 Å². The minimum Gasteiger partial charge on any atom is -0.360 e. The Morgan fingerprint density at radius 1 is 1.04 bits per heavy atom. The lowest BCUT2D eigenvalue weighted by atomic mass is 10.1. The first-order valence-corrected chi connectivity index (χ1v) is 9.72. The number of unbranched alkanes of at least 4 members (excludes halogenated alkanes) is 1. The van der Waals surface area contributed by atoms with Crippen LogP contribution in [0, 0.1) is 0 Å². The van der Waals surface area contributed by atoms with Gasteiger partial charge in [-0.2, -0.15) is 0 Å². The molecule has 0 amide bonds. The molecule has 0 unspecified atom stereocenters. The minimum absolute atomic E-state index is 0.927. The Morgan fingerprint density at radius 3 is 2.74 bits per heavy atom. The van der Waals surface area contributed by atoms with E-state index in [1.54, 1.807) is 29.0 Å². The molecular weight excluding hydrogens is 326 g/mol. The van der Waals surface area contributed by atoms with Crippen LogP contribution in [0.1, 0.15) is 42.3 Å². The van der Waals surface area contributed by atoms with E-state index in [2.05, 4.69) is 45.4 Å². The minimum atomic E-state index is 0.927. The van der Waals surface area contributed by atoms with Gasteiger partial charge in [0, 0.05) is 16.8 Å². The monoisotopic (exact) mass is 347 g/mol. The lowest BCUT2D eigenvalue weighted by Crippen LogP contribution is -2.02. The molecule has 0 saturated carbocycles. The van der Waals surface area contributed by atoms with Gasteiger partial charge in [0.1, 0.15) is 16.2 Å². The number of anilines is 1. The molecule has 0 spiro atoms. The maximum atomic E-state index is 4.48. The van der Waals surface area contributed by atoms with Crippen LogP contribution in [-0.2, 0) is 19.3 Å². The van der Waals surface area contributed by atoms with Crippen molar-refractivity contribution in [2.24, 2.45) is 0 Å². The van der Waals surface area contributed by atoms with Crippen molar-refractivity contribution < 1.29 is 0 Å². The van der Waals surface area contributed by atoms with E-state index in [0.29, 0.717) is 0 Å². The third-order valence-corrected chi connectivity index (χ3v) is 5.91. The normalized spacial score (nSPS) is 11.2. The van der Waals surface area contributed by atoms with E-state index in [0.717, 1.165) is 53.6 Å². The predicted molar refractivity (Wildman–Crippen MR) is 97.5 cm³/mol. The van der Waals surface area contributed by atoms with E-state index in [1.807, 2.05) is 0 Å². The van der Waals surface area contributed by atoms with Crippen molar-refractivity contribution in [3.8, 4) is 0 Å². The highest BCUT2D eigenvalue weighted by Gasteiger charge is 2.08. The highest BCUT2D eigenvalue weighted by atomic mass is 32.1. The predicted octanol–water partition coefficient (Wildman–Crippen LogP) is 4.10. The molecule has 0 fully saturated rings. The molecular formula is C16H21N5S2. The molecule has 122 valence electrons. The Kier molecular flexibility index (Phi) is 5.51. The van der Waals surface area contributed by atoms with E-state index < -0.39 is 0 Å². The third kappa shape index (κ3) is 4.03. The molecule has 3 aromatic heterocycles. The highest BCUT2D eigenvalue weighted by molar-refractivity contribution is 7.18. The summed E-state index contributed by atoms with van der Waals surface area (Å²) in [6.45, 7) is 5.21. The van der Waals surface area contributed by atoms with Crippen molar-refractivity contribution in [1.82, 2.24) is 20.2 Å². The molecule has 0 aliphatic carbocycles. The number of hydrogen-bond acceptors (Lipinski definition) is 7. The number of aromatic nitrogens is 4. The van der Waals surface area contributed by atoms with Gasteiger partial charge in [-0.15, -0.1) is 21.5 Å². The van der Waals surface area contributed by atoms with Gasteiger partial charge in [-0.1, -0.05) is 25.2 Å². The molecule has 3 rings (SSSR count). The molecule has 0 bridgehead atoms. The van der Waals surface area contributed by atoms with Gasteiger partial charge < -0.3 is 5.32 Å². The summed E-state index contributed by atoms with van der Waals surface area (Å²) < 4.78 is 0. The second-order valence-electron chi connectivity index (χ2n) is 5.34. The summed E-state index contributed by atoms with van der Waals surface area (Å²) >= 11 is 3.42. The molecule has 0 atom stereocenters. The van der Waals surface area contributed by atoms with E-state index in [-0.39, 0.29) is 0 Å². The first kappa shape index (κ1) is 16.3. The molecule has 3 heterocycles. The third-order valence-electron chi connectivity index (χ3n) is 3.70. The molecule has 3 aromatic rings. The van der Waals surface area contributed by atoms with Crippen LogP contribution in [0.5, 0.6) is 0 Å². The van der Waals surface area contributed by atoms with Gasteiger partial charge in [-0.25, -0.2) is 9.97 Å². The average molecular weight is 348 g/mol. The van der Waals surface area contributed by atoms with Crippen molar-refractivity contribution in [1.29, 1.82) is 0 Å². The quantitative estimate of drug-likeness (QED) is 0.622. The number of nitrogens with zero attached hydrogens (tertiary/aromatic N) is 4. The summed E-state index contributed by atoms with van der Waals surface area (Å²) in [7, 11) is 0. The number of aryl methyl sites for hydroxylation is 3. The summed E-state index contributed by atoms with van der Waals surface area (Å²) in [6.07, 6.45) is 6.90. The summed E-state index contributed by atoms with van der Waals surface area (Å²) in [5.74, 6) is 0. The summed E-state index contributed by atoms with van der Waals surface area (Å²) in [5, 5.41) is 14.8. The van der Waals surface area contributed by atoms with Crippen LogP contribution in [0.3, 0.4) is 0 Å².